The number of nitrogens with zero attached hydrogens (tertiary/aromatic N) is 15. The van der Waals surface area contributed by atoms with Crippen LogP contribution in [0.25, 0.3) is 33.4 Å². The zero-order chi connectivity index (χ0) is 64.6. The first-order chi connectivity index (χ1) is 42.9. The van der Waals surface area contributed by atoms with Gasteiger partial charge in [0.2, 0.25) is 5.96 Å². The minimum atomic E-state index is -0.499. The second kappa shape index (κ2) is 25.0. The predicted molar refractivity (Wildman–Crippen MR) is 340 cm³/mol. The van der Waals surface area contributed by atoms with E-state index in [-0.39, 0.29) is 42.1 Å². The third kappa shape index (κ3) is 12.2. The Bertz CT molecular complexity index is 4470. The van der Waals surface area contributed by atoms with Crippen molar-refractivity contribution in [1.29, 1.82) is 15.8 Å². The van der Waals surface area contributed by atoms with Crippen molar-refractivity contribution in [3.63, 3.8) is 0 Å². The van der Waals surface area contributed by atoms with Crippen molar-refractivity contribution in [3.8, 4) is 80.3 Å². The molecule has 0 fully saturated rings. The molecule has 9 aromatic rings. The number of fused-ring (bicyclic) bond motifs is 15. The van der Waals surface area contributed by atoms with Crippen LogP contribution in [0.4, 0.5) is 29.0 Å². The number of aryl methyl sites for hydroxylation is 6. The smallest absolute Gasteiger partial charge is 0.360 e. The lowest BCUT2D eigenvalue weighted by Gasteiger charge is -2.24. The summed E-state index contributed by atoms with van der Waals surface area (Å²) in [7, 11) is 10.4. The highest BCUT2D eigenvalue weighted by Crippen LogP contribution is 2.42. The van der Waals surface area contributed by atoms with Crippen LogP contribution in [0.1, 0.15) is 106 Å². The Morgan fingerprint density at radius 2 is 1.03 bits per heavy atom. The van der Waals surface area contributed by atoms with E-state index in [0.29, 0.717) is 80.6 Å². The minimum Gasteiger partial charge on any atom is -0.560 e. The molecule has 90 heavy (non-hydrogen) atoms. The van der Waals surface area contributed by atoms with Crippen LogP contribution in [0.15, 0.2) is 96.4 Å². The molecule has 7 N–H and O–H groups in total. The summed E-state index contributed by atoms with van der Waals surface area (Å²) in [5, 5.41) is 46.9. The summed E-state index contributed by atoms with van der Waals surface area (Å²) >= 11 is 0. The number of nitriles is 3. The van der Waals surface area contributed by atoms with E-state index in [1.165, 1.54) is 22.6 Å². The molecule has 6 bridgehead atoms. The Kier molecular flexibility index (Phi) is 17.1. The number of hydrogen-bond acceptors (Lipinski definition) is 21. The average Bonchev–Trinajstić information content (AvgIpc) is 1.71. The van der Waals surface area contributed by atoms with Crippen LogP contribution in [0.3, 0.4) is 0 Å². The Hall–Kier alpha value is -11.6. The molecular formula is C64H66BN19O6. The maximum atomic E-state index is 13.2. The Balaban J connectivity index is 0.000000149. The lowest BCUT2D eigenvalue weighted by Crippen LogP contribution is -2.31. The predicted octanol–water partition coefficient (Wildman–Crippen LogP) is 9.60. The van der Waals surface area contributed by atoms with E-state index in [0.717, 1.165) is 66.7 Å². The molecule has 0 unspecified atom stereocenters. The molecule has 26 heteroatoms. The summed E-state index contributed by atoms with van der Waals surface area (Å²) in [5.41, 5.74) is 30.4. The number of carbonyl (C=O) groups is 1. The molecule has 3 aromatic carbocycles. The van der Waals surface area contributed by atoms with Gasteiger partial charge in [-0.25, -0.2) is 15.0 Å². The van der Waals surface area contributed by atoms with E-state index in [1.54, 1.807) is 56.4 Å². The molecule has 0 aliphatic carbocycles. The standard InChI is InChI=1S/C22H24N8O.C21H22BN5O2.C21H20N6O3/c1-12-6-7-16-15(8-12)13(2)31-18-9-14(11-25-20(18)24)19-17(10-23)30(5)28-21(19)27-22(26-16)29(3)4;1-12-5-6-18-15(7-12)13(2)28-19-8-14(11-25-21(19)24)20-16(9-22(3)29-18)26-27(4)17(20)10-23;1-11-5-6-16-14(7-11)12(2)29-17-8-13(10-24-20(17)23)18-15(9-22)26(3)25-19(18)21(28)27(4)30-16/h6-9,11,13H,1-5H3,(H2,24,25)(H,26,27,28);5-8,11,13H,9H2,1-4H3,(H2,24,25);5-8,10,12H,1-4H3,(H2,23,24)/t2*13-;12-/m111/s1. The third-order valence-electron chi connectivity index (χ3n) is 15.2. The van der Waals surface area contributed by atoms with Gasteiger partial charge in [-0.05, 0) is 96.9 Å². The summed E-state index contributed by atoms with van der Waals surface area (Å²) in [6.45, 7) is 13.6. The fourth-order valence-corrected chi connectivity index (χ4v) is 10.7. The second-order valence-electron chi connectivity index (χ2n) is 22.3. The highest BCUT2D eigenvalue weighted by Gasteiger charge is 2.31. The maximum absolute atomic E-state index is 13.2. The van der Waals surface area contributed by atoms with Gasteiger partial charge in [0.15, 0.2) is 52.0 Å². The lowest BCUT2D eigenvalue weighted by atomic mass is 9.65. The van der Waals surface area contributed by atoms with Crippen LogP contribution in [0.2, 0.25) is 6.82 Å². The number of guanidine groups is 1. The largest absolute Gasteiger partial charge is 0.560 e. The minimum absolute atomic E-state index is 0.0661. The van der Waals surface area contributed by atoms with Crippen molar-refractivity contribution in [1.82, 2.24) is 54.3 Å². The van der Waals surface area contributed by atoms with Gasteiger partial charge in [-0.2, -0.15) is 41.1 Å². The number of ether oxygens (including phenoxy) is 3. The van der Waals surface area contributed by atoms with E-state index in [4.69, 9.17) is 45.9 Å². The number of carbonyl (C=O) groups excluding carboxylic acids is 1. The van der Waals surface area contributed by atoms with Gasteiger partial charge < -0.3 is 51.1 Å². The number of aliphatic imine (C=N–C) groups is 1. The first-order valence-corrected chi connectivity index (χ1v) is 28.6. The Morgan fingerprint density at radius 3 is 1.58 bits per heavy atom. The van der Waals surface area contributed by atoms with Gasteiger partial charge in [0.25, 0.3) is 0 Å². The summed E-state index contributed by atoms with van der Waals surface area (Å²) in [6, 6.07) is 29.6. The van der Waals surface area contributed by atoms with Gasteiger partial charge in [-0.3, -0.25) is 18.8 Å². The summed E-state index contributed by atoms with van der Waals surface area (Å²) in [4.78, 5) is 38.5. The number of hydroxylamine groups is 2. The fraction of sp³-hybridized carbons (Fsp3) is 0.266. The molecule has 456 valence electrons. The molecule has 0 saturated heterocycles. The molecule has 0 spiro atoms. The number of anilines is 4. The van der Waals surface area contributed by atoms with Gasteiger partial charge in [-0.15, -0.1) is 0 Å². The summed E-state index contributed by atoms with van der Waals surface area (Å²) in [5.74, 6) is 3.71. The van der Waals surface area contributed by atoms with Crippen molar-refractivity contribution in [2.24, 2.45) is 26.1 Å². The fourth-order valence-electron chi connectivity index (χ4n) is 10.7. The monoisotopic (exact) mass is 1210 g/mol. The summed E-state index contributed by atoms with van der Waals surface area (Å²) < 4.78 is 29.3. The zero-order valence-corrected chi connectivity index (χ0v) is 52.1. The molecule has 3 aliphatic heterocycles. The van der Waals surface area contributed by atoms with E-state index in [2.05, 4.69) is 65.9 Å². The number of nitrogens with one attached hydrogen (secondary N) is 1. The number of aromatic nitrogens is 9. The quantitative estimate of drug-likeness (QED) is 0.103. The summed E-state index contributed by atoms with van der Waals surface area (Å²) in [6.07, 6.45) is 4.26. The van der Waals surface area contributed by atoms with Crippen LogP contribution >= 0.6 is 0 Å². The van der Waals surface area contributed by atoms with Crippen LogP contribution in [-0.2, 0) is 27.5 Å². The molecule has 3 aliphatic rings. The highest BCUT2D eigenvalue weighted by atomic mass is 16.7. The molecule has 25 nitrogen and oxygen atoms in total. The van der Waals surface area contributed by atoms with Crippen LogP contribution in [0.5, 0.6) is 28.7 Å². The molecular weight excluding hydrogens is 1140 g/mol. The van der Waals surface area contributed by atoms with Gasteiger partial charge in [-0.1, -0.05) is 41.0 Å². The molecule has 1 amide bonds. The Morgan fingerprint density at radius 1 is 0.589 bits per heavy atom. The number of hydrogen-bond donors (Lipinski definition) is 4. The number of pyridine rings is 3. The number of nitrogen functional groups attached to an aromatic ring is 3. The SMILES string of the molecule is CB1Cc2nn(C)c(C#N)c2-c2cnc(N)c(c2)O[C@H](C)c2cc(C)ccc2O1.Cc1ccc2c(c1)[C@@H](C)Oc1cc(cnc1N)-c1c(nn(C)c1C#N)C(=O)N(C)O2.Cc1ccc2c(c1)[C@@H](C)Oc1cc(cnc1N)-c1c(nn(C)c1C#N)N=C(N(C)C)N2. The molecule has 0 radical (unpaired) electrons. The zero-order valence-electron chi connectivity index (χ0n) is 52.1. The van der Waals surface area contributed by atoms with Crippen molar-refractivity contribution in [2.75, 3.05) is 43.7 Å². The number of benzene rings is 3. The maximum Gasteiger partial charge on any atom is 0.360 e. The van der Waals surface area contributed by atoms with Crippen molar-refractivity contribution < 1.29 is 28.5 Å². The second-order valence-corrected chi connectivity index (χ2v) is 22.3. The Labute approximate surface area is 520 Å². The molecule has 0 saturated carbocycles. The van der Waals surface area contributed by atoms with Gasteiger partial charge >= 0.3 is 12.8 Å². The van der Waals surface area contributed by atoms with Gasteiger partial charge in [0, 0.05) is 112 Å². The van der Waals surface area contributed by atoms with Crippen LogP contribution < -0.4 is 46.2 Å². The number of nitrogens with two attached hydrogens (primary N) is 3. The van der Waals surface area contributed by atoms with Gasteiger partial charge in [0.05, 0.1) is 16.8 Å². The van der Waals surface area contributed by atoms with E-state index in [9.17, 15) is 20.6 Å². The number of amides is 1. The van der Waals surface area contributed by atoms with Crippen LogP contribution in [0, 0.1) is 54.8 Å². The van der Waals surface area contributed by atoms with Crippen molar-refractivity contribution in [2.45, 2.75) is 73.0 Å². The van der Waals surface area contributed by atoms with Crippen molar-refractivity contribution >= 4 is 47.7 Å². The van der Waals surface area contributed by atoms with Gasteiger partial charge in [0.1, 0.15) is 59.4 Å². The van der Waals surface area contributed by atoms with E-state index >= 15 is 0 Å². The highest BCUT2D eigenvalue weighted by molar-refractivity contribution is 6.50. The normalized spacial score (nSPS) is 15.5. The molecule has 12 rings (SSSR count). The van der Waals surface area contributed by atoms with E-state index in [1.807, 2.05) is 110 Å². The topological polar surface area (TPSA) is 336 Å². The lowest BCUT2D eigenvalue weighted by molar-refractivity contribution is -0.0161. The molecule has 3 atom stereocenters. The third-order valence-corrected chi connectivity index (χ3v) is 15.2. The average molecular weight is 1210 g/mol. The first-order valence-electron chi connectivity index (χ1n) is 28.6. The van der Waals surface area contributed by atoms with Crippen LogP contribution in [-0.4, -0.2) is 94.2 Å². The first kappa shape index (κ1) is 61.5. The number of rotatable bonds is 0. The molecule has 6 aromatic heterocycles. The molecule has 9 heterocycles. The van der Waals surface area contributed by atoms with Crippen molar-refractivity contribution in [3.05, 3.63) is 153 Å². The van der Waals surface area contributed by atoms with E-state index < -0.39 is 12.0 Å².